The van der Waals surface area contributed by atoms with Gasteiger partial charge < -0.3 is 5.11 Å². The quantitative estimate of drug-likeness (QED) is 0.587. The van der Waals surface area contributed by atoms with Gasteiger partial charge in [-0.1, -0.05) is 6.07 Å². The molecule has 0 fully saturated rings. The van der Waals surface area contributed by atoms with Crippen molar-refractivity contribution >= 4 is 11.7 Å². The van der Waals surface area contributed by atoms with Gasteiger partial charge in [0.2, 0.25) is 0 Å². The third kappa shape index (κ3) is 1.35. The van der Waals surface area contributed by atoms with E-state index in [-0.39, 0.29) is 5.69 Å². The molecule has 0 heterocycles. The smallest absolute Gasteiger partial charge is 0.338 e. The lowest BCUT2D eigenvalue weighted by Gasteiger charge is -2.02. The molecule has 0 aliphatic rings. The fourth-order valence-electron chi connectivity index (χ4n) is 0.783. The minimum absolute atomic E-state index is 0.255. The van der Waals surface area contributed by atoms with Crippen LogP contribution in [0.5, 0.6) is 0 Å². The molecular formula is C7H6FNO3. The molecule has 0 saturated heterocycles. The first kappa shape index (κ1) is 8.48. The van der Waals surface area contributed by atoms with Crippen molar-refractivity contribution in [3.05, 3.63) is 29.6 Å². The maximum atomic E-state index is 12.9. The molecule has 1 aromatic carbocycles. The minimum Gasteiger partial charge on any atom is -0.478 e. The average Bonchev–Trinajstić information content (AvgIpc) is 2.04. The fourth-order valence-corrected chi connectivity index (χ4v) is 0.783. The van der Waals surface area contributed by atoms with Gasteiger partial charge in [-0.05, 0) is 12.1 Å². The van der Waals surface area contributed by atoms with Gasteiger partial charge in [-0.3, -0.25) is 10.7 Å². The van der Waals surface area contributed by atoms with Crippen molar-refractivity contribution < 1.29 is 19.5 Å². The maximum Gasteiger partial charge on any atom is 0.338 e. The largest absolute Gasteiger partial charge is 0.478 e. The third-order valence-corrected chi connectivity index (χ3v) is 1.35. The Morgan fingerprint density at radius 3 is 2.67 bits per heavy atom. The van der Waals surface area contributed by atoms with Crippen molar-refractivity contribution in [2.24, 2.45) is 0 Å². The van der Waals surface area contributed by atoms with Gasteiger partial charge in [-0.15, -0.1) is 0 Å². The molecule has 1 rings (SSSR count). The Balaban J connectivity index is 3.23. The first-order chi connectivity index (χ1) is 5.66. The van der Waals surface area contributed by atoms with Gasteiger partial charge in [0.05, 0.1) is 11.3 Å². The van der Waals surface area contributed by atoms with E-state index in [0.717, 1.165) is 6.07 Å². The minimum atomic E-state index is -1.37. The number of aromatic carboxylic acids is 1. The highest BCUT2D eigenvalue weighted by atomic mass is 19.1. The van der Waals surface area contributed by atoms with E-state index in [9.17, 15) is 9.18 Å². The van der Waals surface area contributed by atoms with Crippen molar-refractivity contribution in [3.8, 4) is 0 Å². The second kappa shape index (κ2) is 3.19. The van der Waals surface area contributed by atoms with Crippen molar-refractivity contribution in [2.45, 2.75) is 0 Å². The van der Waals surface area contributed by atoms with Gasteiger partial charge in [-0.25, -0.2) is 9.18 Å². The molecule has 0 aliphatic heterocycles. The Bertz CT molecular complexity index is 314. The molecule has 5 heteroatoms. The summed E-state index contributed by atoms with van der Waals surface area (Å²) in [4.78, 5) is 10.3. The number of hydrogen-bond acceptors (Lipinski definition) is 3. The zero-order valence-corrected chi connectivity index (χ0v) is 5.91. The van der Waals surface area contributed by atoms with E-state index < -0.39 is 17.3 Å². The molecule has 1 aromatic rings. The Morgan fingerprint density at radius 1 is 1.50 bits per heavy atom. The summed E-state index contributed by atoms with van der Waals surface area (Å²) in [5.74, 6) is -2.35. The molecular weight excluding hydrogens is 165 g/mol. The number of carbonyl (C=O) groups is 1. The summed E-state index contributed by atoms with van der Waals surface area (Å²) in [6.45, 7) is 0. The molecule has 0 aromatic heterocycles. The maximum absolute atomic E-state index is 12.9. The zero-order chi connectivity index (χ0) is 9.14. The van der Waals surface area contributed by atoms with E-state index >= 15 is 0 Å². The number of rotatable bonds is 2. The molecule has 12 heavy (non-hydrogen) atoms. The number of carboxylic acid groups (broad SMARTS) is 1. The molecule has 64 valence electrons. The van der Waals surface area contributed by atoms with Crippen LogP contribution in [0.2, 0.25) is 0 Å². The highest BCUT2D eigenvalue weighted by Crippen LogP contribution is 2.16. The van der Waals surface area contributed by atoms with Gasteiger partial charge in [0.25, 0.3) is 0 Å². The molecule has 0 bridgehead atoms. The van der Waals surface area contributed by atoms with Crippen LogP contribution in [0.15, 0.2) is 18.2 Å². The second-order valence-electron chi connectivity index (χ2n) is 2.08. The molecule has 0 atom stereocenters. The predicted octanol–water partition coefficient (Wildman–Crippen LogP) is 1.32. The summed E-state index contributed by atoms with van der Waals surface area (Å²) >= 11 is 0. The van der Waals surface area contributed by atoms with E-state index in [1.54, 1.807) is 5.48 Å². The van der Waals surface area contributed by atoms with Crippen LogP contribution in [-0.2, 0) is 0 Å². The lowest BCUT2D eigenvalue weighted by atomic mass is 10.2. The van der Waals surface area contributed by atoms with Crippen molar-refractivity contribution in [1.29, 1.82) is 0 Å². The van der Waals surface area contributed by atoms with Crippen LogP contribution in [0.1, 0.15) is 10.4 Å². The Morgan fingerprint density at radius 2 is 2.17 bits per heavy atom. The fraction of sp³-hybridized carbons (Fsp3) is 0. The lowest BCUT2D eigenvalue weighted by Crippen LogP contribution is -2.03. The monoisotopic (exact) mass is 171 g/mol. The summed E-state index contributed by atoms with van der Waals surface area (Å²) < 4.78 is 12.9. The Kier molecular flexibility index (Phi) is 2.25. The van der Waals surface area contributed by atoms with Gasteiger partial charge in [-0.2, -0.15) is 0 Å². The number of halogens is 1. The van der Waals surface area contributed by atoms with Crippen molar-refractivity contribution in [1.82, 2.24) is 0 Å². The number of anilines is 1. The highest BCUT2D eigenvalue weighted by Gasteiger charge is 2.12. The molecule has 0 aliphatic carbocycles. The van der Waals surface area contributed by atoms with Gasteiger partial charge >= 0.3 is 5.97 Å². The summed E-state index contributed by atoms with van der Waals surface area (Å²) in [5, 5.41) is 16.8. The van der Waals surface area contributed by atoms with Crippen molar-refractivity contribution in [2.75, 3.05) is 5.48 Å². The van der Waals surface area contributed by atoms with Crippen LogP contribution < -0.4 is 5.48 Å². The Hall–Kier alpha value is -1.62. The van der Waals surface area contributed by atoms with E-state index in [4.69, 9.17) is 10.3 Å². The van der Waals surface area contributed by atoms with Crippen LogP contribution in [0.3, 0.4) is 0 Å². The van der Waals surface area contributed by atoms with Crippen molar-refractivity contribution in [3.63, 3.8) is 0 Å². The summed E-state index contributed by atoms with van der Waals surface area (Å²) in [7, 11) is 0. The molecule has 3 N–H and O–H groups in total. The molecule has 0 radical (unpaired) electrons. The van der Waals surface area contributed by atoms with Crippen LogP contribution >= 0.6 is 0 Å². The zero-order valence-electron chi connectivity index (χ0n) is 5.91. The summed E-state index contributed by atoms with van der Waals surface area (Å²) in [6.07, 6.45) is 0. The van der Waals surface area contributed by atoms with Gasteiger partial charge in [0, 0.05) is 0 Å². The molecule has 4 nitrogen and oxygen atoms in total. The van der Waals surface area contributed by atoms with E-state index in [1.165, 1.54) is 12.1 Å². The van der Waals surface area contributed by atoms with Crippen LogP contribution in [0.4, 0.5) is 10.1 Å². The van der Waals surface area contributed by atoms with Gasteiger partial charge in [0.15, 0.2) is 5.82 Å². The first-order valence-corrected chi connectivity index (χ1v) is 3.08. The van der Waals surface area contributed by atoms with Crippen LogP contribution in [-0.4, -0.2) is 16.3 Å². The second-order valence-corrected chi connectivity index (χ2v) is 2.08. The van der Waals surface area contributed by atoms with E-state index in [0.29, 0.717) is 0 Å². The Labute approximate surface area is 67.2 Å². The number of carboxylic acids is 1. The lowest BCUT2D eigenvalue weighted by molar-refractivity contribution is 0.0692. The van der Waals surface area contributed by atoms with E-state index in [1.807, 2.05) is 0 Å². The first-order valence-electron chi connectivity index (χ1n) is 3.08. The van der Waals surface area contributed by atoms with E-state index in [2.05, 4.69) is 0 Å². The highest BCUT2D eigenvalue weighted by molar-refractivity contribution is 5.89. The summed E-state index contributed by atoms with van der Waals surface area (Å²) in [5.41, 5.74) is 0.820. The average molecular weight is 171 g/mol. The third-order valence-electron chi connectivity index (χ3n) is 1.35. The molecule has 0 spiro atoms. The standard InChI is InChI=1S/C7H6FNO3/c8-6-4(7(10)11)2-1-3-5(6)9-12/h1-3,9,12H,(H,10,11). The molecule has 0 unspecified atom stereocenters. The van der Waals surface area contributed by atoms with Crippen LogP contribution in [0, 0.1) is 5.82 Å². The SMILES string of the molecule is O=C(O)c1cccc(NO)c1F. The number of benzene rings is 1. The molecule has 0 amide bonds. The van der Waals surface area contributed by atoms with Crippen LogP contribution in [0.25, 0.3) is 0 Å². The summed E-state index contributed by atoms with van der Waals surface area (Å²) in [6, 6.07) is 3.66. The molecule has 0 saturated carbocycles. The number of nitrogens with one attached hydrogen (secondary N) is 1. The number of hydrogen-bond donors (Lipinski definition) is 3. The normalized spacial score (nSPS) is 9.50. The topological polar surface area (TPSA) is 69.6 Å². The van der Waals surface area contributed by atoms with Gasteiger partial charge in [0.1, 0.15) is 0 Å². The predicted molar refractivity (Wildman–Crippen MR) is 38.8 cm³/mol.